The minimum Gasteiger partial charge on any atom is -0.362 e. The van der Waals surface area contributed by atoms with Gasteiger partial charge in [0.1, 0.15) is 6.17 Å². The number of aliphatic imine (C=N–C) groups is 1. The van der Waals surface area contributed by atoms with Gasteiger partial charge in [0.25, 0.3) is 0 Å². The molecule has 1 unspecified atom stereocenters. The van der Waals surface area contributed by atoms with Crippen LogP contribution in [-0.4, -0.2) is 11.6 Å². The largest absolute Gasteiger partial charge is 0.362 e. The van der Waals surface area contributed by atoms with Crippen molar-refractivity contribution in [1.29, 1.82) is 0 Å². The average Bonchev–Trinajstić information content (AvgIpc) is 2.86. The van der Waals surface area contributed by atoms with E-state index < -0.39 is 0 Å². The van der Waals surface area contributed by atoms with E-state index in [4.69, 9.17) is 0 Å². The van der Waals surface area contributed by atoms with E-state index in [1.165, 1.54) is 12.5 Å². The Morgan fingerprint density at radius 2 is 1.15 bits per heavy atom. The average molecular weight is 436 g/mol. The zero-order chi connectivity index (χ0) is 23.3. The first-order chi connectivity index (χ1) is 16.1. The summed E-state index contributed by atoms with van der Waals surface area (Å²) in [6.45, 7) is 3.55. The van der Waals surface area contributed by atoms with Gasteiger partial charge in [0.2, 0.25) is 5.91 Å². The number of nitrogens with one attached hydrogen (secondary N) is 2. The third-order valence-corrected chi connectivity index (χ3v) is 4.81. The maximum Gasteiger partial charge on any atom is 0.218 e. The van der Waals surface area contributed by atoms with Crippen LogP contribution in [0.5, 0.6) is 0 Å². The molecule has 4 nitrogen and oxygen atoms in total. The summed E-state index contributed by atoms with van der Waals surface area (Å²) in [4.78, 5) is 15.8. The molecule has 1 amide bonds. The number of carbonyl (C=O) groups is 1. The van der Waals surface area contributed by atoms with E-state index in [1.807, 2.05) is 116 Å². The molecule has 0 aliphatic carbocycles. The number of benzene rings is 4. The van der Waals surface area contributed by atoms with E-state index in [0.29, 0.717) is 0 Å². The number of hydrogen-bond donors (Lipinski definition) is 2. The first-order valence-electron chi connectivity index (χ1n) is 10.9. The minimum atomic E-state index is -0.217. The molecule has 2 N–H and O–H groups in total. The third-order valence-electron chi connectivity index (χ3n) is 4.81. The molecule has 166 valence electrons. The van der Waals surface area contributed by atoms with Gasteiger partial charge in [-0.3, -0.25) is 9.79 Å². The summed E-state index contributed by atoms with van der Waals surface area (Å²) < 4.78 is 0. The van der Waals surface area contributed by atoms with Gasteiger partial charge in [-0.1, -0.05) is 97.1 Å². The summed E-state index contributed by atoms with van der Waals surface area (Å²) in [6, 6.07) is 39.9. The fourth-order valence-electron chi connectivity index (χ4n) is 3.19. The molecular weight excluding hydrogens is 406 g/mol. The predicted molar refractivity (Wildman–Crippen MR) is 138 cm³/mol. The Morgan fingerprint density at radius 3 is 1.70 bits per heavy atom. The van der Waals surface area contributed by atoms with E-state index >= 15 is 0 Å². The van der Waals surface area contributed by atoms with Gasteiger partial charge in [-0.05, 0) is 42.3 Å². The van der Waals surface area contributed by atoms with Crippen molar-refractivity contribution in [2.24, 2.45) is 4.99 Å². The van der Waals surface area contributed by atoms with Gasteiger partial charge >= 0.3 is 0 Å². The monoisotopic (exact) mass is 435 g/mol. The topological polar surface area (TPSA) is 53.5 Å². The van der Waals surface area contributed by atoms with Gasteiger partial charge in [0.05, 0.1) is 5.69 Å². The van der Waals surface area contributed by atoms with Crippen molar-refractivity contribution in [3.63, 3.8) is 0 Å². The van der Waals surface area contributed by atoms with Crippen molar-refractivity contribution in [3.8, 4) is 0 Å². The van der Waals surface area contributed by atoms with Gasteiger partial charge in [-0.25, -0.2) is 0 Å². The van der Waals surface area contributed by atoms with Crippen molar-refractivity contribution < 1.29 is 4.79 Å². The van der Waals surface area contributed by atoms with Crippen LogP contribution in [-0.2, 0) is 4.79 Å². The summed E-state index contributed by atoms with van der Waals surface area (Å²) >= 11 is 0. The van der Waals surface area contributed by atoms with E-state index in [-0.39, 0.29) is 12.1 Å². The molecule has 4 rings (SSSR count). The van der Waals surface area contributed by atoms with E-state index in [1.54, 1.807) is 0 Å². The second kappa shape index (κ2) is 12.6. The maximum atomic E-state index is 11.3. The molecule has 0 aromatic heterocycles. The number of nitrogens with zero attached hydrogens (tertiary/aromatic N) is 1. The number of amides is 1. The lowest BCUT2D eigenvalue weighted by molar-refractivity contribution is -0.119. The van der Waals surface area contributed by atoms with Crippen LogP contribution in [0.4, 0.5) is 11.4 Å². The molecule has 0 saturated carbocycles. The fraction of sp³-hybridized carbons (Fsp3) is 0.103. The van der Waals surface area contributed by atoms with Crippen LogP contribution in [0, 0.1) is 0 Å². The van der Waals surface area contributed by atoms with E-state index in [0.717, 1.165) is 22.6 Å². The molecule has 0 radical (unpaired) electrons. The Labute approximate surface area is 196 Å². The summed E-state index contributed by atoms with van der Waals surface area (Å²) in [6.07, 6.45) is -0.217. The third kappa shape index (κ3) is 8.11. The van der Waals surface area contributed by atoms with Crippen molar-refractivity contribution in [3.05, 3.63) is 132 Å². The number of anilines is 1. The Bertz CT molecular complexity index is 1130. The highest BCUT2D eigenvalue weighted by atomic mass is 16.1. The van der Waals surface area contributed by atoms with Crippen molar-refractivity contribution >= 4 is 23.0 Å². The molecule has 0 heterocycles. The number of para-hydroxylation sites is 2. The molecule has 4 heteroatoms. The molecular formula is C29H29N3O. The highest BCUT2D eigenvalue weighted by Crippen LogP contribution is 2.17. The van der Waals surface area contributed by atoms with Crippen LogP contribution in [0.1, 0.15) is 31.1 Å². The number of rotatable bonds is 6. The molecule has 0 fully saturated rings. The smallest absolute Gasteiger partial charge is 0.218 e. The molecule has 0 saturated heterocycles. The summed E-state index contributed by atoms with van der Waals surface area (Å²) in [5, 5.41) is 6.19. The van der Waals surface area contributed by atoms with E-state index in [2.05, 4.69) is 27.8 Å². The summed E-state index contributed by atoms with van der Waals surface area (Å²) in [5.41, 5.74) is 5.21. The Hall–Kier alpha value is -4.18. The second-order valence-corrected chi connectivity index (χ2v) is 7.45. The standard InChI is InChI=1S/C15H16N2O.C14H13N/c1-12(18)16-15(13-8-4-2-5-9-13)17-14-10-6-3-7-11-14;1-12(13-8-4-2-5-9-13)15-14-10-6-3-7-11-14/h2-11,15,17H,1H3,(H,16,18);2-11H,1H3. The molecule has 1 atom stereocenters. The first kappa shape index (κ1) is 23.5. The van der Waals surface area contributed by atoms with Crippen molar-refractivity contribution in [1.82, 2.24) is 5.32 Å². The van der Waals surface area contributed by atoms with Crippen LogP contribution in [0.25, 0.3) is 0 Å². The normalized spacial score (nSPS) is 11.5. The Kier molecular flexibility index (Phi) is 8.98. The number of carbonyl (C=O) groups excluding carboxylic acids is 1. The molecule has 33 heavy (non-hydrogen) atoms. The van der Waals surface area contributed by atoms with Gasteiger partial charge in [0.15, 0.2) is 0 Å². The summed E-state index contributed by atoms with van der Waals surface area (Å²) in [5.74, 6) is -0.0627. The van der Waals surface area contributed by atoms with Crippen LogP contribution in [0.3, 0.4) is 0 Å². The molecule has 0 aliphatic rings. The lowest BCUT2D eigenvalue weighted by atomic mass is 10.1. The van der Waals surface area contributed by atoms with Gasteiger partial charge < -0.3 is 10.6 Å². The number of hydrogen-bond acceptors (Lipinski definition) is 3. The molecule has 4 aromatic carbocycles. The van der Waals surface area contributed by atoms with Crippen LogP contribution < -0.4 is 10.6 Å². The zero-order valence-corrected chi connectivity index (χ0v) is 19.0. The lowest BCUT2D eigenvalue weighted by Gasteiger charge is -2.21. The van der Waals surface area contributed by atoms with Crippen LogP contribution in [0.15, 0.2) is 126 Å². The van der Waals surface area contributed by atoms with E-state index in [9.17, 15) is 4.79 Å². The van der Waals surface area contributed by atoms with Crippen LogP contribution >= 0.6 is 0 Å². The first-order valence-corrected chi connectivity index (χ1v) is 10.9. The zero-order valence-electron chi connectivity index (χ0n) is 19.0. The fourth-order valence-corrected chi connectivity index (χ4v) is 3.19. The SMILES string of the molecule is CC(=Nc1ccccc1)c1ccccc1.CC(=O)NC(Nc1ccccc1)c1ccccc1. The lowest BCUT2D eigenvalue weighted by Crippen LogP contribution is -2.31. The minimum absolute atomic E-state index is 0.0627. The molecule has 0 aliphatic heterocycles. The Balaban J connectivity index is 0.000000189. The maximum absolute atomic E-state index is 11.3. The van der Waals surface area contributed by atoms with Crippen molar-refractivity contribution in [2.45, 2.75) is 20.0 Å². The Morgan fingerprint density at radius 1 is 0.667 bits per heavy atom. The summed E-state index contributed by atoms with van der Waals surface area (Å²) in [7, 11) is 0. The molecule has 4 aromatic rings. The highest BCUT2D eigenvalue weighted by molar-refractivity contribution is 6.00. The van der Waals surface area contributed by atoms with Crippen molar-refractivity contribution in [2.75, 3.05) is 5.32 Å². The predicted octanol–water partition coefficient (Wildman–Crippen LogP) is 6.76. The highest BCUT2D eigenvalue weighted by Gasteiger charge is 2.11. The molecule has 0 spiro atoms. The quantitative estimate of drug-likeness (QED) is 0.260. The van der Waals surface area contributed by atoms with Gasteiger partial charge in [-0.2, -0.15) is 0 Å². The van der Waals surface area contributed by atoms with Gasteiger partial charge in [0, 0.05) is 18.3 Å². The van der Waals surface area contributed by atoms with Gasteiger partial charge in [-0.15, -0.1) is 0 Å². The van der Waals surface area contributed by atoms with Crippen LogP contribution in [0.2, 0.25) is 0 Å². The molecule has 0 bridgehead atoms. The second-order valence-electron chi connectivity index (χ2n) is 7.45.